The first-order chi connectivity index (χ1) is 16.4. The molecule has 0 saturated heterocycles. The van der Waals surface area contributed by atoms with E-state index in [9.17, 15) is 4.79 Å². The van der Waals surface area contributed by atoms with Crippen molar-refractivity contribution in [1.29, 1.82) is 5.41 Å². The van der Waals surface area contributed by atoms with Crippen LogP contribution in [0.25, 0.3) is 6.08 Å². The number of hydrogen-bond donors (Lipinski definition) is 1. The molecule has 11 heteroatoms. The van der Waals surface area contributed by atoms with Crippen molar-refractivity contribution in [3.63, 3.8) is 0 Å². The number of hydrogen-bond acceptors (Lipinski definition) is 7. The first-order valence-corrected chi connectivity index (χ1v) is 12.7. The first kappa shape index (κ1) is 24.5. The van der Waals surface area contributed by atoms with Gasteiger partial charge in [-0.25, -0.2) is 0 Å². The standard InChI is InChI=1S/C23H20Br2N4O4S/c1-3-19-28-29-21(26)16(22(30)27-23(29)34-19)10-13-11-17(25)20(18(12-13)31-2)33-9-8-32-15-6-4-14(24)5-7-15/h4-7,10-12,26H,3,8-9H2,1-2H3/b16-10-,26-21?. The maximum absolute atomic E-state index is 12.6. The highest BCUT2D eigenvalue weighted by Gasteiger charge is 2.35. The molecule has 2 heterocycles. The summed E-state index contributed by atoms with van der Waals surface area (Å²) >= 11 is 8.22. The van der Waals surface area contributed by atoms with Gasteiger partial charge in [0.05, 0.1) is 17.2 Å². The number of ether oxygens (including phenoxy) is 3. The maximum atomic E-state index is 12.6. The Labute approximate surface area is 217 Å². The maximum Gasteiger partial charge on any atom is 0.283 e. The van der Waals surface area contributed by atoms with Gasteiger partial charge < -0.3 is 14.2 Å². The number of aliphatic imine (C=N–C) groups is 1. The van der Waals surface area contributed by atoms with Crippen LogP contribution in [0.2, 0.25) is 0 Å². The van der Waals surface area contributed by atoms with E-state index in [4.69, 9.17) is 19.6 Å². The molecule has 0 radical (unpaired) electrons. The Morgan fingerprint density at radius 1 is 1.15 bits per heavy atom. The summed E-state index contributed by atoms with van der Waals surface area (Å²) in [7, 11) is 1.54. The highest BCUT2D eigenvalue weighted by atomic mass is 79.9. The minimum absolute atomic E-state index is 0.00791. The van der Waals surface area contributed by atoms with Crippen molar-refractivity contribution in [1.82, 2.24) is 5.01 Å². The van der Waals surface area contributed by atoms with Crippen LogP contribution in [0.15, 0.2) is 61.0 Å². The fourth-order valence-electron chi connectivity index (χ4n) is 3.14. The second-order valence-electron chi connectivity index (χ2n) is 7.05. The molecule has 4 rings (SSSR count). The SMILES string of the molecule is CCC1=NN2C(=N)/C(=C/c3cc(Br)c(OCCOc4ccc(Br)cc4)c(OC)c3)C(=O)N=C2S1. The minimum atomic E-state index is -0.475. The third-order valence-corrected chi connectivity index (χ3v) is 6.94. The Morgan fingerprint density at radius 3 is 2.59 bits per heavy atom. The van der Waals surface area contributed by atoms with Crippen LogP contribution in [0.4, 0.5) is 0 Å². The molecule has 0 atom stereocenters. The zero-order valence-corrected chi connectivity index (χ0v) is 22.3. The molecule has 1 N–H and O–H groups in total. The predicted molar refractivity (Wildman–Crippen MR) is 141 cm³/mol. The summed E-state index contributed by atoms with van der Waals surface area (Å²) < 4.78 is 18.7. The lowest BCUT2D eigenvalue weighted by Crippen LogP contribution is -2.35. The van der Waals surface area contributed by atoms with Crippen molar-refractivity contribution >= 4 is 71.7 Å². The van der Waals surface area contributed by atoms with E-state index in [1.165, 1.54) is 23.9 Å². The summed E-state index contributed by atoms with van der Waals surface area (Å²) in [4.78, 5) is 16.7. The topological polar surface area (TPSA) is 96.6 Å². The van der Waals surface area contributed by atoms with E-state index in [1.54, 1.807) is 18.2 Å². The zero-order chi connectivity index (χ0) is 24.2. The van der Waals surface area contributed by atoms with Gasteiger partial charge in [-0.2, -0.15) is 15.1 Å². The van der Waals surface area contributed by atoms with Gasteiger partial charge in [0.2, 0.25) is 5.17 Å². The van der Waals surface area contributed by atoms with Gasteiger partial charge in [0, 0.05) is 4.47 Å². The van der Waals surface area contributed by atoms with Gasteiger partial charge in [-0.05, 0) is 82.2 Å². The fourth-order valence-corrected chi connectivity index (χ4v) is 4.80. The quantitative estimate of drug-likeness (QED) is 0.305. The van der Waals surface area contributed by atoms with E-state index in [0.717, 1.165) is 15.3 Å². The average molecular weight is 608 g/mol. The summed E-state index contributed by atoms with van der Waals surface area (Å²) in [5.41, 5.74) is 0.802. The molecule has 2 aliphatic rings. The van der Waals surface area contributed by atoms with Gasteiger partial charge in [-0.1, -0.05) is 22.9 Å². The number of benzene rings is 2. The van der Waals surface area contributed by atoms with Gasteiger partial charge in [0.25, 0.3) is 5.91 Å². The molecule has 0 aromatic heterocycles. The van der Waals surface area contributed by atoms with Crippen LogP contribution < -0.4 is 14.2 Å². The number of hydrazone groups is 1. The Hall–Kier alpha value is -2.63. The van der Waals surface area contributed by atoms with Gasteiger partial charge in [-0.15, -0.1) is 0 Å². The second kappa shape index (κ2) is 10.7. The number of carbonyl (C=O) groups excluding carboxylic acids is 1. The lowest BCUT2D eigenvalue weighted by atomic mass is 10.1. The molecule has 0 bridgehead atoms. The van der Waals surface area contributed by atoms with Crippen LogP contribution in [0.1, 0.15) is 18.9 Å². The van der Waals surface area contributed by atoms with Crippen LogP contribution in [0.5, 0.6) is 17.2 Å². The summed E-state index contributed by atoms with van der Waals surface area (Å²) in [5, 5.41) is 15.4. The van der Waals surface area contributed by atoms with E-state index in [2.05, 4.69) is 42.0 Å². The average Bonchev–Trinajstić information content (AvgIpc) is 3.24. The molecule has 2 aliphatic heterocycles. The molecule has 0 fully saturated rings. The van der Waals surface area contributed by atoms with Crippen LogP contribution in [0.3, 0.4) is 0 Å². The molecule has 2 aromatic rings. The van der Waals surface area contributed by atoms with Crippen LogP contribution in [0, 0.1) is 5.41 Å². The largest absolute Gasteiger partial charge is 0.493 e. The van der Waals surface area contributed by atoms with Crippen molar-refractivity contribution in [2.45, 2.75) is 13.3 Å². The molecule has 2 aromatic carbocycles. The molecule has 176 valence electrons. The number of carbonyl (C=O) groups is 1. The van der Waals surface area contributed by atoms with Gasteiger partial charge in [0.15, 0.2) is 17.3 Å². The zero-order valence-electron chi connectivity index (χ0n) is 18.3. The summed E-state index contributed by atoms with van der Waals surface area (Å²) in [5.74, 6) is 1.26. The normalized spacial score (nSPS) is 16.4. The lowest BCUT2D eigenvalue weighted by molar-refractivity contribution is -0.114. The van der Waals surface area contributed by atoms with E-state index < -0.39 is 5.91 Å². The molecular weight excluding hydrogens is 588 g/mol. The summed E-state index contributed by atoms with van der Waals surface area (Å²) in [6.45, 7) is 2.62. The highest BCUT2D eigenvalue weighted by Crippen LogP contribution is 2.38. The molecule has 0 spiro atoms. The molecule has 0 saturated carbocycles. The van der Waals surface area contributed by atoms with Crippen molar-refractivity contribution in [2.75, 3.05) is 20.3 Å². The number of methoxy groups -OCH3 is 1. The summed E-state index contributed by atoms with van der Waals surface area (Å²) in [6.07, 6.45) is 2.31. The highest BCUT2D eigenvalue weighted by molar-refractivity contribution is 9.10. The first-order valence-electron chi connectivity index (χ1n) is 10.3. The second-order valence-corrected chi connectivity index (χ2v) is 9.86. The Morgan fingerprint density at radius 2 is 1.88 bits per heavy atom. The Bertz CT molecular complexity index is 1230. The lowest BCUT2D eigenvalue weighted by Gasteiger charge is -2.20. The van der Waals surface area contributed by atoms with Gasteiger partial charge >= 0.3 is 0 Å². The van der Waals surface area contributed by atoms with Crippen molar-refractivity contribution in [2.24, 2.45) is 10.1 Å². The van der Waals surface area contributed by atoms with Crippen LogP contribution >= 0.6 is 43.6 Å². The molecule has 0 aliphatic carbocycles. The van der Waals surface area contributed by atoms with Crippen LogP contribution in [-0.4, -0.2) is 47.3 Å². The van der Waals surface area contributed by atoms with E-state index >= 15 is 0 Å². The molecular formula is C23H20Br2N4O4S. The number of nitrogens with zero attached hydrogens (tertiary/aromatic N) is 3. The number of amidine groups is 2. The van der Waals surface area contributed by atoms with E-state index in [0.29, 0.717) is 46.3 Å². The number of halogens is 2. The number of nitrogens with one attached hydrogen (secondary N) is 1. The monoisotopic (exact) mass is 606 g/mol. The smallest absolute Gasteiger partial charge is 0.283 e. The number of fused-ring (bicyclic) bond motifs is 1. The van der Waals surface area contributed by atoms with Crippen molar-refractivity contribution in [3.05, 3.63) is 56.5 Å². The number of amides is 1. The number of thioether (sulfide) groups is 1. The molecule has 34 heavy (non-hydrogen) atoms. The fraction of sp³-hybridized carbons (Fsp3) is 0.217. The van der Waals surface area contributed by atoms with Crippen LogP contribution in [-0.2, 0) is 4.79 Å². The third kappa shape index (κ3) is 5.37. The molecule has 0 unspecified atom stereocenters. The Kier molecular flexibility index (Phi) is 7.74. The van der Waals surface area contributed by atoms with Gasteiger partial charge in [0.1, 0.15) is 24.0 Å². The van der Waals surface area contributed by atoms with E-state index in [1.807, 2.05) is 31.2 Å². The number of rotatable bonds is 8. The molecule has 8 nitrogen and oxygen atoms in total. The predicted octanol–water partition coefficient (Wildman–Crippen LogP) is 5.71. The third-order valence-electron chi connectivity index (χ3n) is 4.77. The van der Waals surface area contributed by atoms with E-state index in [-0.39, 0.29) is 11.4 Å². The van der Waals surface area contributed by atoms with Crippen molar-refractivity contribution in [3.8, 4) is 17.2 Å². The molecule has 1 amide bonds. The Balaban J connectivity index is 1.48. The van der Waals surface area contributed by atoms with Gasteiger partial charge in [-0.3, -0.25) is 10.2 Å². The summed E-state index contributed by atoms with van der Waals surface area (Å²) in [6, 6.07) is 11.1. The minimum Gasteiger partial charge on any atom is -0.493 e. The van der Waals surface area contributed by atoms with Crippen molar-refractivity contribution < 1.29 is 19.0 Å².